The van der Waals surface area contributed by atoms with Crippen LogP contribution in [-0.2, 0) is 14.2 Å². The van der Waals surface area contributed by atoms with Crippen LogP contribution in [0.1, 0.15) is 107 Å². The number of likely N-dealkylation sites (tertiary alicyclic amines) is 1. The lowest BCUT2D eigenvalue weighted by atomic mass is 9.97. The number of nitrogens with zero attached hydrogens (tertiary/aromatic N) is 3. The van der Waals surface area contributed by atoms with E-state index in [4.69, 9.17) is 14.2 Å². The van der Waals surface area contributed by atoms with Crippen LogP contribution in [0.4, 0.5) is 14.4 Å². The van der Waals surface area contributed by atoms with Crippen molar-refractivity contribution in [3.8, 4) is 0 Å². The Morgan fingerprint density at radius 2 is 1.20 bits per heavy atom. The number of hydrogen-bond acceptors (Lipinski definition) is 7. The fourth-order valence-electron chi connectivity index (χ4n) is 5.15. The van der Waals surface area contributed by atoms with Crippen molar-refractivity contribution in [1.82, 2.24) is 20.0 Å². The Hall–Kier alpha value is -2.23. The Labute approximate surface area is 248 Å². The van der Waals surface area contributed by atoms with E-state index < -0.39 is 16.8 Å². The highest BCUT2D eigenvalue weighted by Crippen LogP contribution is 2.23. The summed E-state index contributed by atoms with van der Waals surface area (Å²) in [5.41, 5.74) is -1.77. The average Bonchev–Trinajstić information content (AvgIpc) is 2.82. The molecule has 2 aliphatic heterocycles. The van der Waals surface area contributed by atoms with Gasteiger partial charge in [-0.2, -0.15) is 0 Å². The summed E-state index contributed by atoms with van der Waals surface area (Å²) in [5, 5.41) is 3.38. The van der Waals surface area contributed by atoms with Gasteiger partial charge in [-0.3, -0.25) is 0 Å². The van der Waals surface area contributed by atoms with Crippen LogP contribution in [0.15, 0.2) is 0 Å². The van der Waals surface area contributed by atoms with Crippen LogP contribution in [-0.4, -0.2) is 102 Å². The molecule has 0 aromatic rings. The second kappa shape index (κ2) is 15.3. The van der Waals surface area contributed by atoms with Crippen molar-refractivity contribution < 1.29 is 28.6 Å². The fourth-order valence-corrected chi connectivity index (χ4v) is 5.15. The molecule has 238 valence electrons. The number of carbonyl (C=O) groups is 3. The molecule has 0 radical (unpaired) electrons. The molecule has 1 N–H and O–H groups in total. The molecule has 1 atom stereocenters. The van der Waals surface area contributed by atoms with Gasteiger partial charge in [0, 0.05) is 32.7 Å². The van der Waals surface area contributed by atoms with Crippen LogP contribution in [0.5, 0.6) is 0 Å². The normalized spacial score (nSPS) is 19.0. The minimum Gasteiger partial charge on any atom is -0.444 e. The topological polar surface area (TPSA) is 101 Å². The molecule has 0 aromatic carbocycles. The quantitative estimate of drug-likeness (QED) is 0.262. The minimum atomic E-state index is -0.630. The zero-order valence-corrected chi connectivity index (χ0v) is 27.3. The first kappa shape index (κ1) is 35.0. The second-order valence-electron chi connectivity index (χ2n) is 14.6. The number of hydrogen-bond donors (Lipinski definition) is 1. The Kier molecular flexibility index (Phi) is 13.1. The molecule has 3 amide bonds. The van der Waals surface area contributed by atoms with Gasteiger partial charge in [0.2, 0.25) is 0 Å². The maximum Gasteiger partial charge on any atom is 0.410 e. The third kappa shape index (κ3) is 14.0. The predicted octanol–water partition coefficient (Wildman–Crippen LogP) is 6.03. The Balaban J connectivity index is 2.06. The lowest BCUT2D eigenvalue weighted by molar-refractivity contribution is -0.00356. The van der Waals surface area contributed by atoms with Crippen molar-refractivity contribution >= 4 is 18.3 Å². The molecule has 2 fully saturated rings. The molecule has 10 nitrogen and oxygen atoms in total. The van der Waals surface area contributed by atoms with Gasteiger partial charge in [-0.15, -0.1) is 0 Å². The van der Waals surface area contributed by atoms with E-state index in [9.17, 15) is 14.4 Å². The molecule has 2 aliphatic rings. The first-order valence-corrected chi connectivity index (χ1v) is 15.6. The Morgan fingerprint density at radius 1 is 0.707 bits per heavy atom. The molecule has 2 rings (SSSR count). The lowest BCUT2D eigenvalue weighted by Gasteiger charge is -2.39. The summed E-state index contributed by atoms with van der Waals surface area (Å²) in [7, 11) is 0. The van der Waals surface area contributed by atoms with Gasteiger partial charge in [0.05, 0.1) is 6.04 Å². The lowest BCUT2D eigenvalue weighted by Crippen LogP contribution is -2.52. The molecule has 0 saturated carbocycles. The molecule has 0 spiro atoms. The smallest absolute Gasteiger partial charge is 0.410 e. The molecular weight excluding hydrogens is 524 g/mol. The fraction of sp³-hybridized carbons (Fsp3) is 0.903. The zero-order chi connectivity index (χ0) is 30.8. The van der Waals surface area contributed by atoms with E-state index >= 15 is 0 Å². The number of carbonyl (C=O) groups excluding carboxylic acids is 3. The van der Waals surface area contributed by atoms with Gasteiger partial charge in [-0.25, -0.2) is 14.4 Å². The van der Waals surface area contributed by atoms with Crippen LogP contribution < -0.4 is 5.32 Å². The maximum absolute atomic E-state index is 13.3. The van der Waals surface area contributed by atoms with Crippen molar-refractivity contribution in [3.63, 3.8) is 0 Å². The van der Waals surface area contributed by atoms with Crippen molar-refractivity contribution in [1.29, 1.82) is 0 Å². The number of amides is 3. The van der Waals surface area contributed by atoms with Crippen molar-refractivity contribution in [2.24, 2.45) is 5.92 Å². The molecule has 2 heterocycles. The number of unbranched alkanes of at least 4 members (excludes halogenated alkanes) is 1. The molecule has 0 aliphatic carbocycles. The third-order valence-corrected chi connectivity index (χ3v) is 7.03. The number of ether oxygens (including phenoxy) is 3. The summed E-state index contributed by atoms with van der Waals surface area (Å²) < 4.78 is 17.1. The van der Waals surface area contributed by atoms with E-state index in [1.807, 2.05) is 67.2 Å². The van der Waals surface area contributed by atoms with Gasteiger partial charge < -0.3 is 34.2 Å². The summed E-state index contributed by atoms with van der Waals surface area (Å²) in [4.78, 5) is 44.6. The first-order chi connectivity index (χ1) is 18.9. The number of piperidine rings is 2. The van der Waals surface area contributed by atoms with Gasteiger partial charge in [-0.05, 0) is 126 Å². The van der Waals surface area contributed by atoms with Crippen LogP contribution in [0.25, 0.3) is 0 Å². The standard InChI is InChI=1S/C31H58N4O6/c1-29(2,3)39-26(36)33(22-24-15-17-32-18-16-24)19-12-13-20-34(27(37)40-30(4,5)6)23-25-14-10-11-21-35(25)28(38)41-31(7,8)9/h24-25,32H,10-23H2,1-9H3. The maximum atomic E-state index is 13.3. The third-order valence-electron chi connectivity index (χ3n) is 7.03. The molecule has 0 bridgehead atoms. The van der Waals surface area contributed by atoms with Crippen LogP contribution in [0.2, 0.25) is 0 Å². The summed E-state index contributed by atoms with van der Waals surface area (Å²) in [6.45, 7) is 21.5. The van der Waals surface area contributed by atoms with Crippen LogP contribution in [0, 0.1) is 5.92 Å². The van der Waals surface area contributed by atoms with E-state index in [2.05, 4.69) is 5.32 Å². The summed E-state index contributed by atoms with van der Waals surface area (Å²) in [6, 6.07) is -0.135. The number of nitrogens with one attached hydrogen (secondary N) is 1. The Morgan fingerprint density at radius 3 is 1.68 bits per heavy atom. The summed E-state index contributed by atoms with van der Waals surface area (Å²) in [5.74, 6) is 0.451. The van der Waals surface area contributed by atoms with Crippen molar-refractivity contribution in [2.75, 3.05) is 45.8 Å². The van der Waals surface area contributed by atoms with Gasteiger partial charge in [0.1, 0.15) is 16.8 Å². The van der Waals surface area contributed by atoms with E-state index in [1.54, 1.807) is 9.80 Å². The van der Waals surface area contributed by atoms with Gasteiger partial charge >= 0.3 is 18.3 Å². The molecule has 1 unspecified atom stereocenters. The van der Waals surface area contributed by atoms with E-state index in [1.165, 1.54) is 0 Å². The highest BCUT2D eigenvalue weighted by atomic mass is 16.6. The molecule has 0 aromatic heterocycles. The SMILES string of the molecule is CC(C)(C)OC(=O)N(CCCCN(CC1CCCCN1C(=O)OC(C)(C)C)C(=O)OC(C)(C)C)CC1CCNCC1. The highest BCUT2D eigenvalue weighted by molar-refractivity contribution is 5.70. The molecular formula is C31H58N4O6. The highest BCUT2D eigenvalue weighted by Gasteiger charge is 2.34. The van der Waals surface area contributed by atoms with Gasteiger partial charge in [0.15, 0.2) is 0 Å². The number of rotatable bonds is 9. The molecule has 41 heavy (non-hydrogen) atoms. The van der Waals surface area contributed by atoms with Crippen LogP contribution in [0.3, 0.4) is 0 Å². The summed E-state index contributed by atoms with van der Waals surface area (Å²) >= 11 is 0. The molecule has 2 saturated heterocycles. The first-order valence-electron chi connectivity index (χ1n) is 15.6. The zero-order valence-electron chi connectivity index (χ0n) is 27.3. The molecule has 10 heteroatoms. The van der Waals surface area contributed by atoms with Crippen molar-refractivity contribution in [3.05, 3.63) is 0 Å². The van der Waals surface area contributed by atoms with E-state index in [-0.39, 0.29) is 24.3 Å². The minimum absolute atomic E-state index is 0.135. The average molecular weight is 583 g/mol. The van der Waals surface area contributed by atoms with Gasteiger partial charge in [-0.1, -0.05) is 0 Å². The van der Waals surface area contributed by atoms with Crippen LogP contribution >= 0.6 is 0 Å². The van der Waals surface area contributed by atoms with E-state index in [0.29, 0.717) is 45.1 Å². The van der Waals surface area contributed by atoms with E-state index in [0.717, 1.165) is 51.6 Å². The monoisotopic (exact) mass is 582 g/mol. The Bertz CT molecular complexity index is 839. The second-order valence-corrected chi connectivity index (χ2v) is 14.6. The largest absolute Gasteiger partial charge is 0.444 e. The predicted molar refractivity (Wildman–Crippen MR) is 161 cm³/mol. The summed E-state index contributed by atoms with van der Waals surface area (Å²) in [6.07, 6.45) is 5.23. The van der Waals surface area contributed by atoms with Crippen molar-refractivity contribution in [2.45, 2.75) is 130 Å². The van der Waals surface area contributed by atoms with Gasteiger partial charge in [0.25, 0.3) is 0 Å².